The predicted molar refractivity (Wildman–Crippen MR) is 155 cm³/mol. The van der Waals surface area contributed by atoms with E-state index in [0.717, 1.165) is 44.8 Å². The number of hydrogen-bond donors (Lipinski definition) is 0. The number of fused-ring (bicyclic) bond motifs is 1. The number of anilines is 1. The standard InChI is InChI=1S/C28H28N6O3S2/c1-17-22-13-30-34(26(22)11-25(31-17)23-12-29-7-5-27(23)37-3)28-10-21(9-24(32-28)19-6-8-38-15-19)33-14-20(18(33)2)16-39(4,35)36/h5-13,15,18,20H,14,16H2,1-4H3/t18-,20-/m1/s1. The second-order valence-corrected chi connectivity index (χ2v) is 12.9. The summed E-state index contributed by atoms with van der Waals surface area (Å²) in [4.78, 5) is 16.3. The van der Waals surface area contributed by atoms with Gasteiger partial charge in [0.05, 0.1) is 41.5 Å². The van der Waals surface area contributed by atoms with Crippen molar-refractivity contribution in [3.05, 3.63) is 65.4 Å². The van der Waals surface area contributed by atoms with Crippen LogP contribution in [0.25, 0.3) is 39.2 Å². The summed E-state index contributed by atoms with van der Waals surface area (Å²) < 4.78 is 31.2. The van der Waals surface area contributed by atoms with Gasteiger partial charge in [-0.15, -0.1) is 0 Å². The Hall–Kier alpha value is -3.83. The molecule has 0 aliphatic carbocycles. The van der Waals surface area contributed by atoms with Crippen molar-refractivity contribution in [2.75, 3.05) is 30.6 Å². The maximum Gasteiger partial charge on any atom is 0.156 e. The maximum atomic E-state index is 11.9. The van der Waals surface area contributed by atoms with E-state index in [1.165, 1.54) is 6.26 Å². The van der Waals surface area contributed by atoms with Crippen LogP contribution in [0.2, 0.25) is 0 Å². The summed E-state index contributed by atoms with van der Waals surface area (Å²) >= 11 is 1.62. The highest BCUT2D eigenvalue weighted by atomic mass is 32.2. The number of nitrogens with zero attached hydrogens (tertiary/aromatic N) is 6. The van der Waals surface area contributed by atoms with Crippen LogP contribution >= 0.6 is 11.3 Å². The molecule has 1 saturated heterocycles. The molecule has 2 atom stereocenters. The fourth-order valence-electron chi connectivity index (χ4n) is 5.19. The molecule has 0 unspecified atom stereocenters. The topological polar surface area (TPSA) is 103 Å². The molecule has 9 nitrogen and oxygen atoms in total. The lowest BCUT2D eigenvalue weighted by molar-refractivity contribution is 0.341. The number of hydrogen-bond acceptors (Lipinski definition) is 9. The highest BCUT2D eigenvalue weighted by molar-refractivity contribution is 7.90. The first-order chi connectivity index (χ1) is 18.7. The van der Waals surface area contributed by atoms with Crippen molar-refractivity contribution in [1.82, 2.24) is 24.7 Å². The summed E-state index contributed by atoms with van der Waals surface area (Å²) in [7, 11) is -1.41. The quantitative estimate of drug-likeness (QED) is 0.280. The molecule has 0 amide bonds. The zero-order valence-electron chi connectivity index (χ0n) is 22.1. The van der Waals surface area contributed by atoms with Crippen molar-refractivity contribution in [1.29, 1.82) is 0 Å². The molecule has 1 fully saturated rings. The minimum atomic E-state index is -3.04. The Labute approximate surface area is 231 Å². The van der Waals surface area contributed by atoms with E-state index in [0.29, 0.717) is 18.1 Å². The average molecular weight is 561 g/mol. The minimum absolute atomic E-state index is 0.0933. The summed E-state index contributed by atoms with van der Waals surface area (Å²) in [6.45, 7) is 4.72. The van der Waals surface area contributed by atoms with Gasteiger partial charge < -0.3 is 9.64 Å². The molecule has 5 aromatic rings. The summed E-state index contributed by atoms with van der Waals surface area (Å²) in [5.74, 6) is 1.66. The van der Waals surface area contributed by atoms with E-state index < -0.39 is 9.84 Å². The van der Waals surface area contributed by atoms with Crippen LogP contribution in [0.1, 0.15) is 12.6 Å². The van der Waals surface area contributed by atoms with E-state index >= 15 is 0 Å². The first-order valence-corrected chi connectivity index (χ1v) is 15.6. The Balaban J connectivity index is 1.47. The zero-order valence-corrected chi connectivity index (χ0v) is 23.7. The molecule has 6 rings (SSSR count). The largest absolute Gasteiger partial charge is 0.496 e. The lowest BCUT2D eigenvalue weighted by atomic mass is 9.91. The van der Waals surface area contributed by atoms with Crippen molar-refractivity contribution in [3.8, 4) is 34.1 Å². The molecule has 5 aromatic heterocycles. The number of aromatic nitrogens is 5. The Bertz CT molecular complexity index is 1780. The van der Waals surface area contributed by atoms with Crippen molar-refractivity contribution in [2.24, 2.45) is 5.92 Å². The van der Waals surface area contributed by atoms with Crippen LogP contribution in [0.4, 0.5) is 5.69 Å². The normalized spacial score (nSPS) is 17.4. The Kier molecular flexibility index (Phi) is 6.35. The van der Waals surface area contributed by atoms with Gasteiger partial charge in [-0.2, -0.15) is 16.4 Å². The van der Waals surface area contributed by atoms with Crippen molar-refractivity contribution >= 4 is 37.8 Å². The summed E-state index contributed by atoms with van der Waals surface area (Å²) in [6.07, 6.45) is 6.56. The van der Waals surface area contributed by atoms with E-state index in [9.17, 15) is 8.42 Å². The summed E-state index contributed by atoms with van der Waals surface area (Å²) in [5, 5.41) is 9.76. The monoisotopic (exact) mass is 560 g/mol. The summed E-state index contributed by atoms with van der Waals surface area (Å²) in [5.41, 5.74) is 6.10. The third-order valence-corrected chi connectivity index (χ3v) is 9.04. The number of thiophene rings is 1. The van der Waals surface area contributed by atoms with Gasteiger partial charge in [0.25, 0.3) is 0 Å². The van der Waals surface area contributed by atoms with E-state index in [2.05, 4.69) is 34.3 Å². The second-order valence-electron chi connectivity index (χ2n) is 9.98. The molecular weight excluding hydrogens is 532 g/mol. The third-order valence-electron chi connectivity index (χ3n) is 7.32. The first kappa shape index (κ1) is 25.4. The van der Waals surface area contributed by atoms with Crippen LogP contribution < -0.4 is 9.64 Å². The van der Waals surface area contributed by atoms with Crippen LogP contribution in [0, 0.1) is 12.8 Å². The second kappa shape index (κ2) is 9.73. The van der Waals surface area contributed by atoms with E-state index in [4.69, 9.17) is 19.8 Å². The molecule has 39 heavy (non-hydrogen) atoms. The maximum absolute atomic E-state index is 11.9. The van der Waals surface area contributed by atoms with Crippen molar-refractivity contribution in [3.63, 3.8) is 0 Å². The van der Waals surface area contributed by atoms with E-state index in [-0.39, 0.29) is 17.7 Å². The van der Waals surface area contributed by atoms with Gasteiger partial charge in [-0.05, 0) is 43.5 Å². The van der Waals surface area contributed by atoms with Gasteiger partial charge in [-0.3, -0.25) is 9.97 Å². The van der Waals surface area contributed by atoms with E-state index in [1.54, 1.807) is 30.8 Å². The first-order valence-electron chi connectivity index (χ1n) is 12.5. The van der Waals surface area contributed by atoms with Gasteiger partial charge in [-0.25, -0.2) is 18.1 Å². The lowest BCUT2D eigenvalue weighted by Gasteiger charge is -2.48. The summed E-state index contributed by atoms with van der Waals surface area (Å²) in [6, 6.07) is 10.0. The van der Waals surface area contributed by atoms with Crippen molar-refractivity contribution in [2.45, 2.75) is 19.9 Å². The van der Waals surface area contributed by atoms with E-state index in [1.807, 2.05) is 41.4 Å². The zero-order chi connectivity index (χ0) is 27.3. The number of pyridine rings is 3. The molecule has 0 aromatic carbocycles. The molecule has 0 saturated carbocycles. The minimum Gasteiger partial charge on any atom is -0.496 e. The van der Waals surface area contributed by atoms with Gasteiger partial charge in [0.2, 0.25) is 0 Å². The fraction of sp³-hybridized carbons (Fsp3) is 0.286. The number of methoxy groups -OCH3 is 1. The van der Waals surface area contributed by atoms with Gasteiger partial charge in [0.1, 0.15) is 15.6 Å². The molecule has 0 radical (unpaired) electrons. The Morgan fingerprint density at radius 2 is 1.97 bits per heavy atom. The Morgan fingerprint density at radius 1 is 1.13 bits per heavy atom. The molecule has 0 bridgehead atoms. The molecule has 11 heteroatoms. The SMILES string of the molecule is COc1ccncc1-c1cc2c(cnn2-c2cc(N3C[C@H](CS(C)(=O)=O)[C@H]3C)cc(-c3ccsc3)n2)c(C)n1. The highest BCUT2D eigenvalue weighted by Gasteiger charge is 2.38. The number of rotatable bonds is 7. The van der Waals surface area contributed by atoms with Gasteiger partial charge >= 0.3 is 0 Å². The molecule has 1 aliphatic heterocycles. The molecule has 6 heterocycles. The smallest absolute Gasteiger partial charge is 0.156 e. The number of sulfone groups is 1. The molecule has 0 N–H and O–H groups in total. The van der Waals surface area contributed by atoms with Crippen LogP contribution in [-0.4, -0.2) is 64.9 Å². The van der Waals surface area contributed by atoms with Gasteiger partial charge in [-0.1, -0.05) is 0 Å². The molecule has 1 aliphatic rings. The lowest BCUT2D eigenvalue weighted by Crippen LogP contribution is -2.57. The third kappa shape index (κ3) is 4.76. The highest BCUT2D eigenvalue weighted by Crippen LogP contribution is 2.36. The predicted octanol–water partition coefficient (Wildman–Crippen LogP) is 4.79. The molecular formula is C28H28N6O3S2. The molecule has 0 spiro atoms. The van der Waals surface area contributed by atoms with Crippen LogP contribution in [0.15, 0.2) is 59.7 Å². The van der Waals surface area contributed by atoms with Gasteiger partial charge in [0.15, 0.2) is 5.82 Å². The van der Waals surface area contributed by atoms with Gasteiger partial charge in [0, 0.05) is 70.9 Å². The number of aryl methyl sites for hydroxylation is 1. The molecule has 200 valence electrons. The van der Waals surface area contributed by atoms with Crippen LogP contribution in [0.5, 0.6) is 5.75 Å². The fourth-order valence-corrected chi connectivity index (χ4v) is 7.01. The Morgan fingerprint density at radius 3 is 2.69 bits per heavy atom. The number of ether oxygens (including phenoxy) is 1. The van der Waals surface area contributed by atoms with Crippen molar-refractivity contribution < 1.29 is 13.2 Å². The van der Waals surface area contributed by atoms with Crippen LogP contribution in [0.3, 0.4) is 0 Å². The average Bonchev–Trinajstić information content (AvgIpc) is 3.61. The van der Waals surface area contributed by atoms with Crippen LogP contribution in [-0.2, 0) is 9.84 Å².